The molecule has 3 rings (SSSR count). The summed E-state index contributed by atoms with van der Waals surface area (Å²) in [5, 5.41) is 2.67. The molecule has 0 radical (unpaired) electrons. The molecule has 0 aliphatic carbocycles. The summed E-state index contributed by atoms with van der Waals surface area (Å²) in [4.78, 5) is 2.84. The minimum absolute atomic E-state index is 1.32. The number of hydrogen-bond donors (Lipinski definition) is 0. The van der Waals surface area contributed by atoms with Gasteiger partial charge in [-0.2, -0.15) is 0 Å². The predicted octanol–water partition coefficient (Wildman–Crippen LogP) is 5.49. The Morgan fingerprint density at radius 3 is 2.22 bits per heavy atom. The lowest BCUT2D eigenvalue weighted by molar-refractivity contribution is 1.43. The van der Waals surface area contributed by atoms with E-state index in [1.165, 1.54) is 37.2 Å². The van der Waals surface area contributed by atoms with Crippen LogP contribution in [0.15, 0.2) is 42.5 Å². The van der Waals surface area contributed by atoms with Crippen molar-refractivity contribution >= 4 is 22.1 Å². The molecule has 0 amide bonds. The summed E-state index contributed by atoms with van der Waals surface area (Å²) >= 11 is 1.90. The number of rotatable bonds is 1. The summed E-state index contributed by atoms with van der Waals surface area (Å²) in [6.45, 7) is 6.67. The van der Waals surface area contributed by atoms with Gasteiger partial charge in [0.2, 0.25) is 0 Å². The number of benzene rings is 2. The second-order valence-electron chi connectivity index (χ2n) is 4.74. The Hall–Kier alpha value is -1.60. The minimum atomic E-state index is 1.32. The van der Waals surface area contributed by atoms with Gasteiger partial charge in [-0.3, -0.25) is 0 Å². The van der Waals surface area contributed by atoms with Gasteiger partial charge in [0, 0.05) is 9.75 Å². The van der Waals surface area contributed by atoms with Crippen molar-refractivity contribution in [2.24, 2.45) is 0 Å². The van der Waals surface area contributed by atoms with Gasteiger partial charge in [0.05, 0.1) is 0 Å². The van der Waals surface area contributed by atoms with Gasteiger partial charge >= 0.3 is 0 Å². The van der Waals surface area contributed by atoms with Crippen LogP contribution in [0, 0.1) is 20.8 Å². The molecule has 0 bridgehead atoms. The standard InChI is InChI=1S/C17H16S/c1-11-12(2)18-13(3)17(11)16-10-6-8-14-7-4-5-9-15(14)16/h4-10H,1-3H3. The molecule has 0 aliphatic heterocycles. The molecule has 0 aliphatic rings. The smallest absolute Gasteiger partial charge is 0.00984 e. The van der Waals surface area contributed by atoms with Crippen LogP contribution < -0.4 is 0 Å². The zero-order valence-electron chi connectivity index (χ0n) is 10.9. The zero-order chi connectivity index (χ0) is 12.7. The van der Waals surface area contributed by atoms with Crippen molar-refractivity contribution in [3.8, 4) is 11.1 Å². The van der Waals surface area contributed by atoms with E-state index in [-0.39, 0.29) is 0 Å². The monoisotopic (exact) mass is 252 g/mol. The lowest BCUT2D eigenvalue weighted by atomic mass is 9.96. The van der Waals surface area contributed by atoms with Crippen molar-refractivity contribution in [3.63, 3.8) is 0 Å². The molecule has 1 aromatic heterocycles. The van der Waals surface area contributed by atoms with E-state index in [2.05, 4.69) is 63.2 Å². The maximum Gasteiger partial charge on any atom is 0.00984 e. The highest BCUT2D eigenvalue weighted by Crippen LogP contribution is 2.38. The number of hydrogen-bond acceptors (Lipinski definition) is 1. The average Bonchev–Trinajstić information content (AvgIpc) is 2.63. The van der Waals surface area contributed by atoms with Gasteiger partial charge in [-0.25, -0.2) is 0 Å². The van der Waals surface area contributed by atoms with Crippen molar-refractivity contribution in [1.29, 1.82) is 0 Å². The summed E-state index contributed by atoms with van der Waals surface area (Å²) < 4.78 is 0. The molecule has 1 heterocycles. The van der Waals surface area contributed by atoms with Crippen LogP contribution in [-0.4, -0.2) is 0 Å². The lowest BCUT2D eigenvalue weighted by Crippen LogP contribution is -1.84. The van der Waals surface area contributed by atoms with Gasteiger partial charge in [-0.15, -0.1) is 11.3 Å². The van der Waals surface area contributed by atoms with Crippen molar-refractivity contribution in [2.45, 2.75) is 20.8 Å². The van der Waals surface area contributed by atoms with Crippen LogP contribution in [0.5, 0.6) is 0 Å². The van der Waals surface area contributed by atoms with E-state index >= 15 is 0 Å². The van der Waals surface area contributed by atoms with E-state index in [1.54, 1.807) is 0 Å². The minimum Gasteiger partial charge on any atom is -0.145 e. The van der Waals surface area contributed by atoms with Crippen molar-refractivity contribution in [1.82, 2.24) is 0 Å². The fourth-order valence-corrected chi connectivity index (χ4v) is 3.71. The molecule has 18 heavy (non-hydrogen) atoms. The first-order valence-corrected chi connectivity index (χ1v) is 7.05. The third-order valence-electron chi connectivity index (χ3n) is 3.62. The van der Waals surface area contributed by atoms with Gasteiger partial charge in [0.1, 0.15) is 0 Å². The largest absolute Gasteiger partial charge is 0.145 e. The van der Waals surface area contributed by atoms with E-state index in [1.807, 2.05) is 11.3 Å². The van der Waals surface area contributed by atoms with Gasteiger partial charge in [-0.1, -0.05) is 42.5 Å². The van der Waals surface area contributed by atoms with Gasteiger partial charge in [0.15, 0.2) is 0 Å². The highest BCUT2D eigenvalue weighted by atomic mass is 32.1. The number of aryl methyl sites for hydroxylation is 2. The van der Waals surface area contributed by atoms with Crippen LogP contribution in [0.3, 0.4) is 0 Å². The summed E-state index contributed by atoms with van der Waals surface area (Å²) in [7, 11) is 0. The zero-order valence-corrected chi connectivity index (χ0v) is 11.8. The molecular weight excluding hydrogens is 236 g/mol. The molecule has 2 aromatic carbocycles. The van der Waals surface area contributed by atoms with Gasteiger partial charge in [0.25, 0.3) is 0 Å². The van der Waals surface area contributed by atoms with E-state index in [9.17, 15) is 0 Å². The highest BCUT2D eigenvalue weighted by molar-refractivity contribution is 7.12. The van der Waals surface area contributed by atoms with Crippen LogP contribution in [0.2, 0.25) is 0 Å². The molecule has 0 fully saturated rings. The van der Waals surface area contributed by atoms with Gasteiger partial charge < -0.3 is 0 Å². The van der Waals surface area contributed by atoms with Gasteiger partial charge in [-0.05, 0) is 48.2 Å². The Labute approximate surface area is 112 Å². The van der Waals surface area contributed by atoms with Crippen LogP contribution >= 0.6 is 11.3 Å². The topological polar surface area (TPSA) is 0 Å². The first-order valence-electron chi connectivity index (χ1n) is 6.23. The Morgan fingerprint density at radius 2 is 1.50 bits per heavy atom. The third-order valence-corrected chi connectivity index (χ3v) is 4.74. The molecule has 0 N–H and O–H groups in total. The highest BCUT2D eigenvalue weighted by Gasteiger charge is 2.13. The maximum atomic E-state index is 2.24. The Morgan fingerprint density at radius 1 is 0.778 bits per heavy atom. The molecule has 0 nitrogen and oxygen atoms in total. The second-order valence-corrected chi connectivity index (χ2v) is 6.17. The molecule has 90 valence electrons. The molecule has 0 atom stereocenters. The first-order chi connectivity index (χ1) is 8.68. The molecule has 0 saturated carbocycles. The van der Waals surface area contributed by atoms with E-state index in [0.29, 0.717) is 0 Å². The average molecular weight is 252 g/mol. The van der Waals surface area contributed by atoms with Crippen molar-refractivity contribution < 1.29 is 0 Å². The number of fused-ring (bicyclic) bond motifs is 1. The van der Waals surface area contributed by atoms with E-state index < -0.39 is 0 Å². The fraction of sp³-hybridized carbons (Fsp3) is 0.176. The van der Waals surface area contributed by atoms with E-state index in [0.717, 1.165) is 0 Å². The Bertz CT molecular complexity index is 714. The molecule has 3 aromatic rings. The fourth-order valence-electron chi connectivity index (χ4n) is 2.63. The summed E-state index contributed by atoms with van der Waals surface area (Å²) in [5.74, 6) is 0. The first kappa shape index (κ1) is 11.5. The van der Waals surface area contributed by atoms with Crippen LogP contribution in [-0.2, 0) is 0 Å². The Balaban J connectivity index is 2.38. The third kappa shape index (κ3) is 1.67. The molecule has 0 saturated heterocycles. The summed E-state index contributed by atoms with van der Waals surface area (Å²) in [6.07, 6.45) is 0. The van der Waals surface area contributed by atoms with Crippen molar-refractivity contribution in [3.05, 3.63) is 57.8 Å². The summed E-state index contributed by atoms with van der Waals surface area (Å²) in [6, 6.07) is 15.2. The van der Waals surface area contributed by atoms with Crippen molar-refractivity contribution in [2.75, 3.05) is 0 Å². The molecule has 0 unspecified atom stereocenters. The normalized spacial score (nSPS) is 11.1. The Kier molecular flexibility index (Phi) is 2.71. The quantitative estimate of drug-likeness (QED) is 0.537. The number of thiophene rings is 1. The van der Waals surface area contributed by atoms with E-state index in [4.69, 9.17) is 0 Å². The van der Waals surface area contributed by atoms with Crippen LogP contribution in [0.25, 0.3) is 21.9 Å². The lowest BCUT2D eigenvalue weighted by Gasteiger charge is -2.08. The van der Waals surface area contributed by atoms with Crippen LogP contribution in [0.1, 0.15) is 15.3 Å². The maximum absolute atomic E-state index is 2.24. The van der Waals surface area contributed by atoms with Crippen LogP contribution in [0.4, 0.5) is 0 Å². The predicted molar refractivity (Wildman–Crippen MR) is 81.5 cm³/mol. The SMILES string of the molecule is Cc1sc(C)c(-c2cccc3ccccc23)c1C. The molecule has 0 spiro atoms. The molecular formula is C17H16S. The summed E-state index contributed by atoms with van der Waals surface area (Å²) in [5.41, 5.74) is 4.22. The second kappa shape index (κ2) is 4.25. The molecule has 1 heteroatoms.